The maximum absolute atomic E-state index is 13.0. The average molecular weight is 305 g/mol. The van der Waals surface area contributed by atoms with Crippen LogP contribution in [-0.4, -0.2) is 5.78 Å². The Kier molecular flexibility index (Phi) is 5.24. The van der Waals surface area contributed by atoms with Crippen LogP contribution < -0.4 is 0 Å². The zero-order valence-electron chi connectivity index (χ0n) is 15.5. The second kappa shape index (κ2) is 6.49. The third-order valence-electron chi connectivity index (χ3n) is 6.81. The van der Waals surface area contributed by atoms with E-state index in [-0.39, 0.29) is 5.41 Å². The number of fused-ring (bicyclic) bond motifs is 1. The summed E-state index contributed by atoms with van der Waals surface area (Å²) in [5.74, 6) is 2.51. The standard InChI is InChI=1S/C21H36O/c1-7-9-10-16-17(20(4,5)6)13-14-21(8-2)18(16)12-11-15(3)19(21)22/h16-18H,3,7-14H2,1-2,4-6H3/t16?,17?,18?,21-/m0/s1. The summed E-state index contributed by atoms with van der Waals surface area (Å²) in [6.07, 6.45) is 9.34. The fourth-order valence-electron chi connectivity index (χ4n) is 5.59. The van der Waals surface area contributed by atoms with E-state index >= 15 is 0 Å². The second-order valence-electron chi connectivity index (χ2n) is 8.90. The first-order valence-electron chi connectivity index (χ1n) is 9.50. The van der Waals surface area contributed by atoms with Gasteiger partial charge in [-0.3, -0.25) is 4.79 Å². The molecular formula is C21H36O. The van der Waals surface area contributed by atoms with Gasteiger partial charge in [0.1, 0.15) is 0 Å². The largest absolute Gasteiger partial charge is 0.294 e. The summed E-state index contributed by atoms with van der Waals surface area (Å²) < 4.78 is 0. The molecular weight excluding hydrogens is 268 g/mol. The lowest BCUT2D eigenvalue weighted by Crippen LogP contribution is -2.52. The number of hydrogen-bond acceptors (Lipinski definition) is 1. The second-order valence-corrected chi connectivity index (χ2v) is 8.90. The van der Waals surface area contributed by atoms with Gasteiger partial charge in [-0.05, 0) is 67.3 Å². The molecule has 0 spiro atoms. The van der Waals surface area contributed by atoms with E-state index in [9.17, 15) is 4.79 Å². The predicted octanol–water partition coefficient (Wildman–Crippen LogP) is 6.18. The van der Waals surface area contributed by atoms with E-state index in [4.69, 9.17) is 0 Å². The van der Waals surface area contributed by atoms with E-state index in [0.29, 0.717) is 17.1 Å². The predicted molar refractivity (Wildman–Crippen MR) is 94.8 cm³/mol. The van der Waals surface area contributed by atoms with Crippen molar-refractivity contribution >= 4 is 5.78 Å². The molecule has 2 saturated carbocycles. The minimum Gasteiger partial charge on any atom is -0.294 e. The van der Waals surface area contributed by atoms with Crippen molar-refractivity contribution < 1.29 is 4.79 Å². The highest BCUT2D eigenvalue weighted by molar-refractivity contribution is 6.00. The number of hydrogen-bond donors (Lipinski definition) is 0. The molecule has 0 N–H and O–H groups in total. The number of unbranched alkanes of at least 4 members (excludes halogenated alkanes) is 1. The number of ketones is 1. The minimum atomic E-state index is -0.0739. The van der Waals surface area contributed by atoms with Crippen LogP contribution in [0.2, 0.25) is 0 Å². The van der Waals surface area contributed by atoms with Crippen molar-refractivity contribution in [1.29, 1.82) is 0 Å². The smallest absolute Gasteiger partial charge is 0.164 e. The molecule has 4 atom stereocenters. The number of carbonyl (C=O) groups excluding carboxylic acids is 1. The van der Waals surface area contributed by atoms with E-state index in [2.05, 4.69) is 41.2 Å². The maximum atomic E-state index is 13.0. The summed E-state index contributed by atoms with van der Waals surface area (Å²) in [4.78, 5) is 13.0. The summed E-state index contributed by atoms with van der Waals surface area (Å²) >= 11 is 0. The quantitative estimate of drug-likeness (QED) is 0.567. The first-order valence-corrected chi connectivity index (χ1v) is 9.50. The van der Waals surface area contributed by atoms with Gasteiger partial charge < -0.3 is 0 Å². The molecule has 0 bridgehead atoms. The topological polar surface area (TPSA) is 17.1 Å². The average Bonchev–Trinajstić information content (AvgIpc) is 2.47. The lowest BCUT2D eigenvalue weighted by molar-refractivity contribution is -0.141. The zero-order chi connectivity index (χ0) is 16.5. The first kappa shape index (κ1) is 17.8. The van der Waals surface area contributed by atoms with Crippen molar-refractivity contribution in [2.75, 3.05) is 0 Å². The number of carbonyl (C=O) groups is 1. The lowest BCUT2D eigenvalue weighted by Gasteiger charge is -2.56. The third-order valence-corrected chi connectivity index (χ3v) is 6.81. The molecule has 22 heavy (non-hydrogen) atoms. The van der Waals surface area contributed by atoms with Crippen LogP contribution in [0.15, 0.2) is 12.2 Å². The highest BCUT2D eigenvalue weighted by Crippen LogP contribution is 2.59. The third kappa shape index (κ3) is 2.93. The van der Waals surface area contributed by atoms with Crippen LogP contribution in [0.25, 0.3) is 0 Å². The molecule has 0 radical (unpaired) electrons. The van der Waals surface area contributed by atoms with Crippen LogP contribution in [0, 0.1) is 28.6 Å². The highest BCUT2D eigenvalue weighted by atomic mass is 16.1. The zero-order valence-corrected chi connectivity index (χ0v) is 15.5. The van der Waals surface area contributed by atoms with Gasteiger partial charge in [0.15, 0.2) is 5.78 Å². The molecule has 0 heterocycles. The fourth-order valence-corrected chi connectivity index (χ4v) is 5.59. The van der Waals surface area contributed by atoms with Gasteiger partial charge in [0.2, 0.25) is 0 Å². The molecule has 2 aliphatic carbocycles. The van der Waals surface area contributed by atoms with E-state index < -0.39 is 0 Å². The Hall–Kier alpha value is -0.590. The highest BCUT2D eigenvalue weighted by Gasteiger charge is 2.55. The number of rotatable bonds is 4. The molecule has 0 aromatic heterocycles. The van der Waals surface area contributed by atoms with Crippen molar-refractivity contribution in [2.24, 2.45) is 28.6 Å². The van der Waals surface area contributed by atoms with Gasteiger partial charge >= 0.3 is 0 Å². The van der Waals surface area contributed by atoms with Crippen LogP contribution >= 0.6 is 0 Å². The molecule has 0 aromatic carbocycles. The fraction of sp³-hybridized carbons (Fsp3) is 0.857. The lowest BCUT2D eigenvalue weighted by atomic mass is 9.47. The van der Waals surface area contributed by atoms with Crippen molar-refractivity contribution in [3.8, 4) is 0 Å². The molecule has 0 amide bonds. The molecule has 0 saturated heterocycles. The molecule has 2 rings (SSSR count). The van der Waals surface area contributed by atoms with Gasteiger partial charge in [-0.15, -0.1) is 0 Å². The van der Waals surface area contributed by atoms with Gasteiger partial charge in [0, 0.05) is 5.41 Å². The van der Waals surface area contributed by atoms with E-state index in [1.165, 1.54) is 32.1 Å². The van der Waals surface area contributed by atoms with Crippen molar-refractivity contribution in [2.45, 2.75) is 86.0 Å². The Balaban J connectivity index is 2.37. The van der Waals surface area contributed by atoms with Gasteiger partial charge in [0.25, 0.3) is 0 Å². The first-order chi connectivity index (χ1) is 10.3. The van der Waals surface area contributed by atoms with E-state index in [0.717, 1.165) is 36.7 Å². The Morgan fingerprint density at radius 1 is 1.23 bits per heavy atom. The molecule has 3 unspecified atom stereocenters. The monoisotopic (exact) mass is 304 g/mol. The summed E-state index contributed by atoms with van der Waals surface area (Å²) in [6, 6.07) is 0. The van der Waals surface area contributed by atoms with Crippen molar-refractivity contribution in [3.05, 3.63) is 12.2 Å². The van der Waals surface area contributed by atoms with E-state index in [1.54, 1.807) is 0 Å². The van der Waals surface area contributed by atoms with Gasteiger partial charge in [-0.1, -0.05) is 54.0 Å². The minimum absolute atomic E-state index is 0.0739. The molecule has 1 heteroatoms. The molecule has 126 valence electrons. The van der Waals surface area contributed by atoms with Gasteiger partial charge in [0.05, 0.1) is 0 Å². The Bertz CT molecular complexity index is 428. The molecule has 0 aromatic rings. The maximum Gasteiger partial charge on any atom is 0.164 e. The number of Topliss-reactive ketones (excluding diaryl/α,β-unsaturated/α-hetero) is 1. The van der Waals surface area contributed by atoms with Crippen LogP contribution in [-0.2, 0) is 4.79 Å². The van der Waals surface area contributed by atoms with Crippen LogP contribution in [0.4, 0.5) is 0 Å². The van der Waals surface area contributed by atoms with Crippen LogP contribution in [0.5, 0.6) is 0 Å². The molecule has 2 aliphatic rings. The summed E-state index contributed by atoms with van der Waals surface area (Å²) in [6.45, 7) is 15.8. The van der Waals surface area contributed by atoms with Crippen molar-refractivity contribution in [3.63, 3.8) is 0 Å². The Labute approximate surface area is 137 Å². The Morgan fingerprint density at radius 3 is 2.45 bits per heavy atom. The normalized spacial score (nSPS) is 36.3. The SMILES string of the molecule is C=C1CCC2C(CCCC)C(C(C)(C)C)CC[C@]2(CC)C1=O. The van der Waals surface area contributed by atoms with Crippen LogP contribution in [0.1, 0.15) is 86.0 Å². The molecule has 0 aliphatic heterocycles. The number of allylic oxidation sites excluding steroid dienone is 1. The van der Waals surface area contributed by atoms with Gasteiger partial charge in [-0.25, -0.2) is 0 Å². The molecule has 1 nitrogen and oxygen atoms in total. The van der Waals surface area contributed by atoms with Crippen LogP contribution in [0.3, 0.4) is 0 Å². The molecule has 2 fully saturated rings. The Morgan fingerprint density at radius 2 is 1.91 bits per heavy atom. The summed E-state index contributed by atoms with van der Waals surface area (Å²) in [5, 5.41) is 0. The summed E-state index contributed by atoms with van der Waals surface area (Å²) in [7, 11) is 0. The van der Waals surface area contributed by atoms with E-state index in [1.807, 2.05) is 0 Å². The summed E-state index contributed by atoms with van der Waals surface area (Å²) in [5.41, 5.74) is 1.19. The van der Waals surface area contributed by atoms with Gasteiger partial charge in [-0.2, -0.15) is 0 Å². The van der Waals surface area contributed by atoms with Crippen molar-refractivity contribution in [1.82, 2.24) is 0 Å².